The van der Waals surface area contributed by atoms with E-state index in [0.29, 0.717) is 13.1 Å². The number of H-pyrrole nitrogens is 1. The van der Waals surface area contributed by atoms with Crippen LogP contribution in [0.4, 0.5) is 15.0 Å². The highest BCUT2D eigenvalue weighted by Crippen LogP contribution is 2.30. The molecular formula is C25H29FN4O2. The van der Waals surface area contributed by atoms with Crippen molar-refractivity contribution in [1.82, 2.24) is 14.9 Å². The van der Waals surface area contributed by atoms with Gasteiger partial charge in [0, 0.05) is 59.1 Å². The molecule has 0 atom stereocenters. The predicted octanol–water partition coefficient (Wildman–Crippen LogP) is 5.94. The monoisotopic (exact) mass is 436 g/mol. The summed E-state index contributed by atoms with van der Waals surface area (Å²) in [6.45, 7) is 11.1. The molecule has 168 valence electrons. The maximum absolute atomic E-state index is 13.4. The summed E-state index contributed by atoms with van der Waals surface area (Å²) in [7, 11) is 0. The first-order valence-corrected chi connectivity index (χ1v) is 10.9. The Hall–Kier alpha value is -3.35. The van der Waals surface area contributed by atoms with Crippen molar-refractivity contribution in [2.75, 3.05) is 18.4 Å². The molecule has 2 aromatic heterocycles. The van der Waals surface area contributed by atoms with Crippen LogP contribution in [-0.2, 0) is 4.74 Å². The number of pyridine rings is 1. The zero-order valence-corrected chi connectivity index (χ0v) is 18.7. The Balaban J connectivity index is 1.35. The predicted molar refractivity (Wildman–Crippen MR) is 125 cm³/mol. The van der Waals surface area contributed by atoms with E-state index in [-0.39, 0.29) is 17.8 Å². The number of anilines is 1. The smallest absolute Gasteiger partial charge is 0.410 e. The van der Waals surface area contributed by atoms with Gasteiger partial charge in [0.1, 0.15) is 17.2 Å². The molecule has 1 amide bonds. The molecule has 2 N–H and O–H groups in total. The van der Waals surface area contributed by atoms with Gasteiger partial charge in [-0.3, -0.25) is 0 Å². The summed E-state index contributed by atoms with van der Waals surface area (Å²) < 4.78 is 18.9. The first-order chi connectivity index (χ1) is 15.2. The molecule has 0 unspecified atom stereocenters. The molecule has 7 heteroatoms. The number of benzene rings is 1. The number of hydrogen-bond donors (Lipinski definition) is 2. The lowest BCUT2D eigenvalue weighted by molar-refractivity contribution is 0.0195. The third kappa shape index (κ3) is 4.93. The van der Waals surface area contributed by atoms with Crippen LogP contribution in [0.25, 0.3) is 22.0 Å². The van der Waals surface area contributed by atoms with Crippen molar-refractivity contribution in [2.24, 2.45) is 5.92 Å². The second kappa shape index (κ2) is 8.65. The van der Waals surface area contributed by atoms with Crippen LogP contribution in [0.2, 0.25) is 0 Å². The highest BCUT2D eigenvalue weighted by molar-refractivity contribution is 5.95. The molecule has 0 spiro atoms. The van der Waals surface area contributed by atoms with Crippen LogP contribution in [0.3, 0.4) is 0 Å². The molecule has 1 saturated heterocycles. The topological polar surface area (TPSA) is 70.2 Å². The lowest BCUT2D eigenvalue weighted by atomic mass is 9.94. The Morgan fingerprint density at radius 2 is 2.00 bits per heavy atom. The molecule has 1 aromatic carbocycles. The normalized spacial score (nSPS) is 15.1. The van der Waals surface area contributed by atoms with Gasteiger partial charge in [-0.15, -0.1) is 0 Å². The molecular weight excluding hydrogens is 407 g/mol. The van der Waals surface area contributed by atoms with E-state index in [1.165, 1.54) is 12.1 Å². The van der Waals surface area contributed by atoms with Gasteiger partial charge >= 0.3 is 6.09 Å². The average molecular weight is 437 g/mol. The van der Waals surface area contributed by atoms with Crippen molar-refractivity contribution in [1.29, 1.82) is 0 Å². The number of aromatic nitrogens is 2. The Labute approximate surface area is 187 Å². The van der Waals surface area contributed by atoms with Crippen molar-refractivity contribution in [3.05, 3.63) is 60.8 Å². The summed E-state index contributed by atoms with van der Waals surface area (Å²) in [6, 6.07) is 8.62. The SMILES string of the molecule is C=C(Nc1ccc(-c2c[nH]c3cc(F)ccc23)cn1)C1CCN(C(=O)OC(C)(C)C)CC1. The number of fused-ring (bicyclic) bond motifs is 1. The highest BCUT2D eigenvalue weighted by Gasteiger charge is 2.28. The molecule has 0 radical (unpaired) electrons. The van der Waals surface area contributed by atoms with Gasteiger partial charge in [-0.05, 0) is 63.9 Å². The van der Waals surface area contributed by atoms with Crippen molar-refractivity contribution < 1.29 is 13.9 Å². The van der Waals surface area contributed by atoms with Crippen LogP contribution in [0, 0.1) is 11.7 Å². The van der Waals surface area contributed by atoms with E-state index in [9.17, 15) is 9.18 Å². The van der Waals surface area contributed by atoms with Crippen molar-refractivity contribution >= 4 is 22.8 Å². The number of rotatable bonds is 4. The third-order valence-corrected chi connectivity index (χ3v) is 5.65. The standard InChI is InChI=1S/C25H29FN4O2/c1-16(17-9-11-30(12-10-17)24(31)32-25(2,3)4)29-23-8-5-18(14-28-23)21-15-27-22-13-19(26)6-7-20(21)22/h5-8,13-15,17,27H,1,9-12H2,2-4H3,(H,28,29). The fourth-order valence-corrected chi connectivity index (χ4v) is 3.97. The Bertz CT molecular complexity index is 1120. The number of piperidine rings is 1. The summed E-state index contributed by atoms with van der Waals surface area (Å²) in [4.78, 5) is 21.6. The summed E-state index contributed by atoms with van der Waals surface area (Å²) in [5.41, 5.74) is 3.10. The number of nitrogens with zero attached hydrogens (tertiary/aromatic N) is 2. The fourth-order valence-electron chi connectivity index (χ4n) is 3.97. The minimum Gasteiger partial charge on any atom is -0.444 e. The molecule has 32 heavy (non-hydrogen) atoms. The summed E-state index contributed by atoms with van der Waals surface area (Å²) in [5.74, 6) is 0.719. The first-order valence-electron chi connectivity index (χ1n) is 10.9. The number of allylic oxidation sites excluding steroid dienone is 1. The van der Waals surface area contributed by atoms with E-state index in [1.807, 2.05) is 39.1 Å². The fraction of sp³-hybridized carbons (Fsp3) is 0.360. The van der Waals surface area contributed by atoms with Gasteiger partial charge in [-0.2, -0.15) is 0 Å². The van der Waals surface area contributed by atoms with Gasteiger partial charge in [0.05, 0.1) is 0 Å². The number of carbonyl (C=O) groups is 1. The zero-order chi connectivity index (χ0) is 22.9. The van der Waals surface area contributed by atoms with Crippen LogP contribution in [0.1, 0.15) is 33.6 Å². The van der Waals surface area contributed by atoms with E-state index in [4.69, 9.17) is 4.74 Å². The summed E-state index contributed by atoms with van der Waals surface area (Å²) in [6.07, 6.45) is 5.06. The van der Waals surface area contributed by atoms with Crippen LogP contribution in [0.5, 0.6) is 0 Å². The number of hydrogen-bond acceptors (Lipinski definition) is 4. The van der Waals surface area contributed by atoms with Crippen molar-refractivity contribution in [3.63, 3.8) is 0 Å². The van der Waals surface area contributed by atoms with E-state index in [1.54, 1.807) is 17.2 Å². The molecule has 1 fully saturated rings. The number of nitrogens with one attached hydrogen (secondary N) is 2. The van der Waals surface area contributed by atoms with E-state index in [0.717, 1.165) is 46.4 Å². The lowest BCUT2D eigenvalue weighted by Crippen LogP contribution is -2.42. The van der Waals surface area contributed by atoms with E-state index >= 15 is 0 Å². The quantitative estimate of drug-likeness (QED) is 0.531. The van der Waals surface area contributed by atoms with Crippen LogP contribution < -0.4 is 5.32 Å². The molecule has 4 rings (SSSR count). The molecule has 3 heterocycles. The Morgan fingerprint density at radius 1 is 1.25 bits per heavy atom. The summed E-state index contributed by atoms with van der Waals surface area (Å²) in [5, 5.41) is 4.27. The van der Waals surface area contributed by atoms with Crippen LogP contribution in [-0.4, -0.2) is 39.7 Å². The molecule has 0 saturated carbocycles. The molecule has 0 aliphatic carbocycles. The Kier molecular flexibility index (Phi) is 5.91. The molecule has 1 aliphatic rings. The highest BCUT2D eigenvalue weighted by atomic mass is 19.1. The van der Waals surface area contributed by atoms with Gasteiger partial charge in [-0.25, -0.2) is 14.2 Å². The number of amides is 1. The lowest BCUT2D eigenvalue weighted by Gasteiger charge is -2.34. The zero-order valence-electron chi connectivity index (χ0n) is 18.7. The number of likely N-dealkylation sites (tertiary alicyclic amines) is 1. The van der Waals surface area contributed by atoms with Crippen molar-refractivity contribution in [3.8, 4) is 11.1 Å². The second-order valence-corrected chi connectivity index (χ2v) is 9.22. The second-order valence-electron chi connectivity index (χ2n) is 9.22. The minimum absolute atomic E-state index is 0.258. The van der Waals surface area contributed by atoms with E-state index < -0.39 is 5.60 Å². The van der Waals surface area contributed by atoms with Gasteiger partial charge in [-0.1, -0.05) is 6.58 Å². The van der Waals surface area contributed by atoms with Gasteiger partial charge in [0.2, 0.25) is 0 Å². The average Bonchev–Trinajstić information content (AvgIpc) is 3.16. The minimum atomic E-state index is -0.486. The van der Waals surface area contributed by atoms with Gasteiger partial charge in [0.15, 0.2) is 0 Å². The molecule has 1 aliphatic heterocycles. The maximum atomic E-state index is 13.4. The third-order valence-electron chi connectivity index (χ3n) is 5.65. The van der Waals surface area contributed by atoms with Crippen molar-refractivity contribution in [2.45, 2.75) is 39.2 Å². The molecule has 6 nitrogen and oxygen atoms in total. The maximum Gasteiger partial charge on any atom is 0.410 e. The number of halogens is 1. The number of aromatic amines is 1. The van der Waals surface area contributed by atoms with Crippen LogP contribution in [0.15, 0.2) is 55.0 Å². The van der Waals surface area contributed by atoms with Gasteiger partial charge < -0.3 is 19.9 Å². The number of ether oxygens (including phenoxy) is 1. The van der Waals surface area contributed by atoms with Crippen LogP contribution >= 0.6 is 0 Å². The first kappa shape index (κ1) is 21.9. The molecule has 3 aromatic rings. The largest absolute Gasteiger partial charge is 0.444 e. The van der Waals surface area contributed by atoms with E-state index in [2.05, 4.69) is 21.9 Å². The van der Waals surface area contributed by atoms with Gasteiger partial charge in [0.25, 0.3) is 0 Å². The molecule has 0 bridgehead atoms. The number of carbonyl (C=O) groups excluding carboxylic acids is 1. The summed E-state index contributed by atoms with van der Waals surface area (Å²) >= 11 is 0. The Morgan fingerprint density at radius 3 is 2.66 bits per heavy atom.